The van der Waals surface area contributed by atoms with Crippen LogP contribution in [0, 0.1) is 11.8 Å². The van der Waals surface area contributed by atoms with E-state index in [4.69, 9.17) is 24.7 Å². The van der Waals surface area contributed by atoms with E-state index in [1.165, 1.54) is 7.11 Å². The van der Waals surface area contributed by atoms with Crippen molar-refractivity contribution in [1.82, 2.24) is 60.3 Å². The predicted octanol–water partition coefficient (Wildman–Crippen LogP) is 5.51. The normalized spacial score (nSPS) is 17.9. The van der Waals surface area contributed by atoms with E-state index in [2.05, 4.69) is 30.6 Å². The summed E-state index contributed by atoms with van der Waals surface area (Å²) >= 11 is 0. The third-order valence-corrected chi connectivity index (χ3v) is 11.2. The Morgan fingerprint density at radius 3 is 1.59 bits per heavy atom. The van der Waals surface area contributed by atoms with Crippen LogP contribution in [0.5, 0.6) is 0 Å². The molecule has 0 saturated carbocycles. The van der Waals surface area contributed by atoms with E-state index in [1.54, 1.807) is 22.2 Å². The number of carboxylic acid groups (broad SMARTS) is 1. The number of rotatable bonds is 10. The van der Waals surface area contributed by atoms with E-state index in [1.807, 2.05) is 64.1 Å². The first-order chi connectivity index (χ1) is 28.4. The molecule has 59 heavy (non-hydrogen) atoms. The van der Waals surface area contributed by atoms with Gasteiger partial charge in [0.15, 0.2) is 22.6 Å². The van der Waals surface area contributed by atoms with Gasteiger partial charge in [-0.15, -0.1) is 0 Å². The molecule has 306 valence electrons. The highest BCUT2D eigenvalue weighted by Gasteiger charge is 2.39. The average molecular weight is 803 g/mol. The maximum atomic E-state index is 13.6. The van der Waals surface area contributed by atoms with Crippen LogP contribution in [0.2, 0.25) is 0 Å². The number of ether oxygens (including phenoxy) is 1. The van der Waals surface area contributed by atoms with E-state index >= 15 is 0 Å². The summed E-state index contributed by atoms with van der Waals surface area (Å²) in [5.74, 6) is 0.345. The lowest BCUT2D eigenvalue weighted by Crippen LogP contribution is -2.51. The van der Waals surface area contributed by atoms with Crippen LogP contribution in [0.3, 0.4) is 0 Å². The molecule has 4 amide bonds. The van der Waals surface area contributed by atoms with Crippen molar-refractivity contribution >= 4 is 57.4 Å². The van der Waals surface area contributed by atoms with Crippen molar-refractivity contribution in [3.05, 3.63) is 60.4 Å². The number of hydrogen-bond acceptors (Lipinski definition) is 11. The first-order valence-corrected chi connectivity index (χ1v) is 19.8. The summed E-state index contributed by atoms with van der Waals surface area (Å²) in [6.45, 7) is 8.43. The third-order valence-electron chi connectivity index (χ3n) is 11.2. The zero-order valence-electron chi connectivity index (χ0n) is 33.4. The Bertz CT molecular complexity index is 2590. The van der Waals surface area contributed by atoms with Gasteiger partial charge in [0, 0.05) is 24.2 Å². The summed E-state index contributed by atoms with van der Waals surface area (Å²) in [6.07, 6.45) is 4.47. The van der Waals surface area contributed by atoms with E-state index in [0.717, 1.165) is 34.7 Å². The summed E-state index contributed by atoms with van der Waals surface area (Å²) in [6, 6.07) is 9.81. The maximum Gasteiger partial charge on any atom is 0.407 e. The number of carbonyl (C=O) groups excluding carboxylic acids is 3. The molecule has 5 N–H and O–H groups in total. The Morgan fingerprint density at radius 2 is 1.17 bits per heavy atom. The Balaban J connectivity index is 0.997. The fraction of sp³-hybridized carbons (Fsp3) is 0.415. The molecule has 0 bridgehead atoms. The Labute approximate surface area is 338 Å². The number of fused-ring (bicyclic) bond motifs is 3. The van der Waals surface area contributed by atoms with Crippen molar-refractivity contribution in [3.8, 4) is 22.5 Å². The standard InChI is InChI=1S/C41H46N12O6/c1-20(2)30(46-40(56)57)38(54)52-14-6-8-28(52)32-48-34-36(50-32)44-26(18-42-34)24-12-10-23-17-25(13-11-22(23)16-24)27-19-43-35-37(45-27)51-33(49-35)29-9-7-15-53(29)39(55)31(21(3)4)47-41(58)59-5/h10-13,16-21,28-31,46H,6-9,14-15H2,1-5H3,(H,47,58)(H,56,57)(H,42,44,48,50)(H,43,45,49,51)/t28-,29+,30-,31-/m0/s1. The van der Waals surface area contributed by atoms with Crippen LogP contribution in [-0.2, 0) is 14.3 Å². The number of amides is 4. The molecule has 18 nitrogen and oxygen atoms in total. The van der Waals surface area contributed by atoms with Gasteiger partial charge in [0.05, 0.1) is 43.0 Å². The lowest BCUT2D eigenvalue weighted by Gasteiger charge is -2.29. The highest BCUT2D eigenvalue weighted by Crippen LogP contribution is 2.35. The van der Waals surface area contributed by atoms with Gasteiger partial charge >= 0.3 is 12.2 Å². The Morgan fingerprint density at radius 1 is 0.712 bits per heavy atom. The number of hydrogen-bond donors (Lipinski definition) is 5. The summed E-state index contributed by atoms with van der Waals surface area (Å²) in [5.41, 5.74) is 4.89. The van der Waals surface area contributed by atoms with E-state index < -0.39 is 24.3 Å². The SMILES string of the molecule is COC(=O)N[C@H](C(=O)N1CCC[C@@H]1c1nc2nc(-c3ccc4cc(-c5cnc6[nH]c([C@@H]7CCCN7C(=O)[C@@H](NC(=O)O)C(C)C)nc6n5)ccc4c3)cnc2[nH]1)C(C)C. The highest BCUT2D eigenvalue weighted by molar-refractivity contribution is 5.91. The van der Waals surface area contributed by atoms with Crippen molar-refractivity contribution in [2.75, 3.05) is 20.2 Å². The molecule has 4 atom stereocenters. The third kappa shape index (κ3) is 7.69. The summed E-state index contributed by atoms with van der Waals surface area (Å²) in [5, 5.41) is 16.3. The van der Waals surface area contributed by atoms with Crippen molar-refractivity contribution < 1.29 is 29.0 Å². The number of nitrogens with one attached hydrogen (secondary N) is 4. The summed E-state index contributed by atoms with van der Waals surface area (Å²) in [4.78, 5) is 88.9. The molecule has 6 aromatic rings. The summed E-state index contributed by atoms with van der Waals surface area (Å²) in [7, 11) is 1.27. The number of carbonyl (C=O) groups is 4. The second kappa shape index (κ2) is 15.9. The largest absolute Gasteiger partial charge is 0.465 e. The highest BCUT2D eigenvalue weighted by atomic mass is 16.5. The minimum absolute atomic E-state index is 0.141. The van der Waals surface area contributed by atoms with Crippen LogP contribution in [0.4, 0.5) is 9.59 Å². The minimum atomic E-state index is -1.24. The van der Waals surface area contributed by atoms with Gasteiger partial charge in [0.2, 0.25) is 11.8 Å². The Kier molecular flexibility index (Phi) is 10.5. The topological polar surface area (TPSA) is 237 Å². The minimum Gasteiger partial charge on any atom is -0.465 e. The number of nitrogens with zero attached hydrogens (tertiary/aromatic N) is 8. The first-order valence-electron chi connectivity index (χ1n) is 19.8. The zero-order chi connectivity index (χ0) is 41.5. The molecule has 6 heterocycles. The number of methoxy groups -OCH3 is 1. The molecule has 0 spiro atoms. The van der Waals surface area contributed by atoms with Crippen molar-refractivity contribution in [1.29, 1.82) is 0 Å². The second-order valence-corrected chi connectivity index (χ2v) is 15.8. The second-order valence-electron chi connectivity index (χ2n) is 15.8. The number of aromatic nitrogens is 8. The van der Waals surface area contributed by atoms with Gasteiger partial charge < -0.3 is 40.2 Å². The Hall–Kier alpha value is -6.72. The molecule has 2 fully saturated rings. The quantitative estimate of drug-likeness (QED) is 0.115. The van der Waals surface area contributed by atoms with Gasteiger partial charge in [-0.25, -0.2) is 39.5 Å². The molecule has 18 heteroatoms. The van der Waals surface area contributed by atoms with Crippen molar-refractivity contribution in [2.24, 2.45) is 11.8 Å². The lowest BCUT2D eigenvalue weighted by molar-refractivity contribution is -0.136. The fourth-order valence-electron chi connectivity index (χ4n) is 8.11. The van der Waals surface area contributed by atoms with Gasteiger partial charge in [-0.3, -0.25) is 9.59 Å². The maximum absolute atomic E-state index is 13.6. The molecular weight excluding hydrogens is 757 g/mol. The van der Waals surface area contributed by atoms with Crippen molar-refractivity contribution in [2.45, 2.75) is 77.5 Å². The number of imidazole rings is 2. The molecule has 0 aliphatic carbocycles. The number of alkyl carbamates (subject to hydrolysis) is 1. The molecule has 2 aliphatic rings. The van der Waals surface area contributed by atoms with E-state index in [0.29, 0.717) is 71.6 Å². The molecule has 8 rings (SSSR count). The van der Waals surface area contributed by atoms with Gasteiger partial charge in [-0.1, -0.05) is 52.0 Å². The summed E-state index contributed by atoms with van der Waals surface area (Å²) < 4.78 is 4.76. The number of likely N-dealkylation sites (tertiary alicyclic amines) is 2. The molecule has 0 unspecified atom stereocenters. The molecule has 2 aliphatic heterocycles. The molecular formula is C41H46N12O6. The molecule has 2 aromatic carbocycles. The van der Waals surface area contributed by atoms with Crippen LogP contribution in [0.1, 0.15) is 77.1 Å². The lowest BCUT2D eigenvalue weighted by atomic mass is 10.0. The number of benzene rings is 2. The average Bonchev–Trinajstić information content (AvgIpc) is 4.05. The van der Waals surface area contributed by atoms with Crippen molar-refractivity contribution in [3.63, 3.8) is 0 Å². The van der Waals surface area contributed by atoms with Crippen LogP contribution < -0.4 is 10.6 Å². The van der Waals surface area contributed by atoms with Gasteiger partial charge in [0.25, 0.3) is 0 Å². The van der Waals surface area contributed by atoms with Crippen LogP contribution in [-0.4, -0.2) is 111 Å². The van der Waals surface area contributed by atoms with Gasteiger partial charge in [0.1, 0.15) is 23.7 Å². The number of aromatic amines is 2. The van der Waals surface area contributed by atoms with Crippen LogP contribution >= 0.6 is 0 Å². The van der Waals surface area contributed by atoms with E-state index in [-0.39, 0.29) is 35.7 Å². The van der Waals surface area contributed by atoms with Gasteiger partial charge in [-0.2, -0.15) is 0 Å². The monoisotopic (exact) mass is 802 g/mol. The van der Waals surface area contributed by atoms with Crippen LogP contribution in [0.25, 0.3) is 55.9 Å². The molecule has 2 saturated heterocycles. The molecule has 0 radical (unpaired) electrons. The smallest absolute Gasteiger partial charge is 0.407 e. The zero-order valence-corrected chi connectivity index (χ0v) is 33.4. The van der Waals surface area contributed by atoms with Gasteiger partial charge in [-0.05, 0) is 60.4 Å². The fourth-order valence-corrected chi connectivity index (χ4v) is 8.11. The predicted molar refractivity (Wildman–Crippen MR) is 217 cm³/mol. The first kappa shape index (κ1) is 39.1. The van der Waals surface area contributed by atoms with Crippen LogP contribution in [0.15, 0.2) is 48.8 Å². The molecule has 4 aromatic heterocycles. The van der Waals surface area contributed by atoms with E-state index in [9.17, 15) is 24.3 Å². The number of H-pyrrole nitrogens is 2.